The molecule has 94 valence electrons. The van der Waals surface area contributed by atoms with Crippen LogP contribution in [0.5, 0.6) is 0 Å². The molecule has 0 amide bonds. The van der Waals surface area contributed by atoms with E-state index in [1.165, 1.54) is 22.3 Å². The average Bonchev–Trinajstić information content (AvgIpc) is 2.38. The number of hydrogen-bond acceptors (Lipinski definition) is 1. The molecular weight excluding hydrogens is 218 g/mol. The lowest BCUT2D eigenvalue weighted by atomic mass is 9.95. The third-order valence-corrected chi connectivity index (χ3v) is 3.36. The molecule has 0 N–H and O–H groups in total. The van der Waals surface area contributed by atoms with E-state index in [-0.39, 0.29) is 0 Å². The van der Waals surface area contributed by atoms with Gasteiger partial charge in [-0.3, -0.25) is 0 Å². The van der Waals surface area contributed by atoms with E-state index in [4.69, 9.17) is 0 Å². The summed E-state index contributed by atoms with van der Waals surface area (Å²) < 4.78 is 0. The average molecular weight is 239 g/mol. The lowest BCUT2D eigenvalue weighted by molar-refractivity contribution is 0.413. The molecule has 1 heteroatoms. The molecule has 2 rings (SSSR count). The fourth-order valence-electron chi connectivity index (χ4n) is 2.23. The first-order valence-electron chi connectivity index (χ1n) is 6.47. The highest BCUT2D eigenvalue weighted by Crippen LogP contribution is 2.25. The smallest absolute Gasteiger partial charge is 0.00158 e. The number of benzene rings is 2. The van der Waals surface area contributed by atoms with Crippen LogP contribution in [0.4, 0.5) is 0 Å². The Hall–Kier alpha value is -1.60. The zero-order valence-corrected chi connectivity index (χ0v) is 11.5. The summed E-state index contributed by atoms with van der Waals surface area (Å²) in [6.45, 7) is 3.33. The Bertz CT molecular complexity index is 500. The molecule has 0 atom stereocenters. The van der Waals surface area contributed by atoms with Gasteiger partial charge >= 0.3 is 0 Å². The molecule has 0 saturated carbocycles. The molecule has 0 fully saturated rings. The van der Waals surface area contributed by atoms with Gasteiger partial charge in [-0.1, -0.05) is 48.5 Å². The third-order valence-electron chi connectivity index (χ3n) is 3.36. The molecule has 2 aromatic rings. The molecule has 0 aliphatic carbocycles. The minimum Gasteiger partial charge on any atom is -0.309 e. The predicted octanol–water partition coefficient (Wildman–Crippen LogP) is 3.77. The van der Waals surface area contributed by atoms with Gasteiger partial charge in [0.2, 0.25) is 0 Å². The minimum absolute atomic E-state index is 1.10. The van der Waals surface area contributed by atoms with Crippen molar-refractivity contribution in [1.29, 1.82) is 0 Å². The molecule has 0 saturated heterocycles. The largest absolute Gasteiger partial charge is 0.309 e. The molecule has 0 bridgehead atoms. The van der Waals surface area contributed by atoms with E-state index in [2.05, 4.69) is 74.4 Å². The molecule has 0 aromatic heterocycles. The van der Waals surface area contributed by atoms with Crippen LogP contribution in [0, 0.1) is 6.92 Å². The van der Waals surface area contributed by atoms with Crippen molar-refractivity contribution in [3.05, 3.63) is 59.7 Å². The summed E-state index contributed by atoms with van der Waals surface area (Å²) in [4.78, 5) is 2.23. The Labute approximate surface area is 110 Å². The van der Waals surface area contributed by atoms with Gasteiger partial charge < -0.3 is 4.90 Å². The molecular formula is C17H21N. The second-order valence-electron chi connectivity index (χ2n) is 5.01. The van der Waals surface area contributed by atoms with Crippen LogP contribution in [-0.2, 0) is 6.42 Å². The standard InChI is InChI=1S/C17H21N/c1-14-15(12-13-18(2)3)10-7-11-17(14)16-8-5-4-6-9-16/h4-11H,12-13H2,1-3H3. The van der Waals surface area contributed by atoms with E-state index >= 15 is 0 Å². The van der Waals surface area contributed by atoms with E-state index in [0.29, 0.717) is 0 Å². The lowest BCUT2D eigenvalue weighted by Crippen LogP contribution is -2.15. The Kier molecular flexibility index (Phi) is 4.16. The zero-order valence-electron chi connectivity index (χ0n) is 11.5. The van der Waals surface area contributed by atoms with Crippen LogP contribution in [0.25, 0.3) is 11.1 Å². The van der Waals surface area contributed by atoms with Crippen molar-refractivity contribution in [2.75, 3.05) is 20.6 Å². The fourth-order valence-corrected chi connectivity index (χ4v) is 2.23. The quantitative estimate of drug-likeness (QED) is 0.785. The van der Waals surface area contributed by atoms with E-state index in [1.807, 2.05) is 0 Å². The van der Waals surface area contributed by atoms with Crippen molar-refractivity contribution < 1.29 is 0 Å². The van der Waals surface area contributed by atoms with Crippen molar-refractivity contribution in [2.45, 2.75) is 13.3 Å². The summed E-state index contributed by atoms with van der Waals surface area (Å²) in [6, 6.07) is 17.2. The molecule has 18 heavy (non-hydrogen) atoms. The van der Waals surface area contributed by atoms with Gasteiger partial charge in [-0.05, 0) is 49.7 Å². The summed E-state index contributed by atoms with van der Waals surface area (Å²) in [6.07, 6.45) is 1.11. The number of nitrogens with zero attached hydrogens (tertiary/aromatic N) is 1. The van der Waals surface area contributed by atoms with Gasteiger partial charge in [0.05, 0.1) is 0 Å². The van der Waals surface area contributed by atoms with Crippen molar-refractivity contribution >= 4 is 0 Å². The zero-order chi connectivity index (χ0) is 13.0. The summed E-state index contributed by atoms with van der Waals surface area (Å²) in [5.74, 6) is 0. The first-order valence-corrected chi connectivity index (χ1v) is 6.47. The molecule has 0 unspecified atom stereocenters. The van der Waals surface area contributed by atoms with Gasteiger partial charge in [0.15, 0.2) is 0 Å². The Morgan fingerprint density at radius 3 is 2.28 bits per heavy atom. The summed E-state index contributed by atoms with van der Waals surface area (Å²) in [5, 5.41) is 0. The molecule has 0 aliphatic rings. The highest BCUT2D eigenvalue weighted by atomic mass is 15.0. The van der Waals surface area contributed by atoms with E-state index in [1.54, 1.807) is 0 Å². The summed E-state index contributed by atoms with van der Waals surface area (Å²) in [5.41, 5.74) is 5.52. The van der Waals surface area contributed by atoms with Gasteiger partial charge in [-0.2, -0.15) is 0 Å². The monoisotopic (exact) mass is 239 g/mol. The van der Waals surface area contributed by atoms with E-state index < -0.39 is 0 Å². The van der Waals surface area contributed by atoms with Gasteiger partial charge in [0, 0.05) is 6.54 Å². The molecule has 1 nitrogen and oxygen atoms in total. The maximum Gasteiger partial charge on any atom is 0.00158 e. The van der Waals surface area contributed by atoms with Gasteiger partial charge in [0.25, 0.3) is 0 Å². The van der Waals surface area contributed by atoms with Crippen molar-refractivity contribution in [3.63, 3.8) is 0 Å². The molecule has 0 heterocycles. The maximum atomic E-state index is 2.24. The first-order chi connectivity index (χ1) is 8.68. The van der Waals surface area contributed by atoms with Crippen LogP contribution in [-0.4, -0.2) is 25.5 Å². The summed E-state index contributed by atoms with van der Waals surface area (Å²) in [7, 11) is 4.24. The Morgan fingerprint density at radius 2 is 1.61 bits per heavy atom. The van der Waals surface area contributed by atoms with Crippen LogP contribution in [0.2, 0.25) is 0 Å². The highest BCUT2D eigenvalue weighted by molar-refractivity contribution is 5.68. The van der Waals surface area contributed by atoms with Crippen molar-refractivity contribution in [3.8, 4) is 11.1 Å². The third kappa shape index (κ3) is 2.99. The first kappa shape index (κ1) is 12.8. The lowest BCUT2D eigenvalue weighted by Gasteiger charge is -2.14. The fraction of sp³-hybridized carbons (Fsp3) is 0.294. The predicted molar refractivity (Wildman–Crippen MR) is 78.9 cm³/mol. The van der Waals surface area contributed by atoms with Crippen LogP contribution in [0.3, 0.4) is 0 Å². The van der Waals surface area contributed by atoms with E-state index in [9.17, 15) is 0 Å². The van der Waals surface area contributed by atoms with Crippen molar-refractivity contribution in [1.82, 2.24) is 4.90 Å². The second kappa shape index (κ2) is 5.83. The maximum absolute atomic E-state index is 2.24. The molecule has 2 aromatic carbocycles. The Morgan fingerprint density at radius 1 is 0.889 bits per heavy atom. The minimum atomic E-state index is 1.10. The van der Waals surface area contributed by atoms with Crippen LogP contribution < -0.4 is 0 Å². The van der Waals surface area contributed by atoms with Crippen molar-refractivity contribution in [2.24, 2.45) is 0 Å². The second-order valence-corrected chi connectivity index (χ2v) is 5.01. The Balaban J connectivity index is 2.30. The van der Waals surface area contributed by atoms with Crippen LogP contribution in [0.15, 0.2) is 48.5 Å². The van der Waals surface area contributed by atoms with Crippen LogP contribution >= 0.6 is 0 Å². The van der Waals surface area contributed by atoms with Gasteiger partial charge in [0.1, 0.15) is 0 Å². The molecule has 0 spiro atoms. The summed E-state index contributed by atoms with van der Waals surface area (Å²) >= 11 is 0. The highest BCUT2D eigenvalue weighted by Gasteiger charge is 2.05. The van der Waals surface area contributed by atoms with E-state index in [0.717, 1.165) is 13.0 Å². The molecule has 0 aliphatic heterocycles. The normalized spacial score (nSPS) is 10.9. The molecule has 0 radical (unpaired) electrons. The SMILES string of the molecule is Cc1c(CCN(C)C)cccc1-c1ccccc1. The number of hydrogen-bond donors (Lipinski definition) is 0. The number of likely N-dealkylation sites (N-methyl/N-ethyl adjacent to an activating group) is 1. The van der Waals surface area contributed by atoms with Gasteiger partial charge in [-0.15, -0.1) is 0 Å². The van der Waals surface area contributed by atoms with Crippen LogP contribution in [0.1, 0.15) is 11.1 Å². The number of rotatable bonds is 4. The van der Waals surface area contributed by atoms with Gasteiger partial charge in [-0.25, -0.2) is 0 Å². The topological polar surface area (TPSA) is 3.24 Å².